The minimum Gasteiger partial charge on any atom is -0.303 e. The summed E-state index contributed by atoms with van der Waals surface area (Å²) in [6, 6.07) is 2.12. The van der Waals surface area contributed by atoms with Crippen LogP contribution in [0.2, 0.25) is 0 Å². The number of alkyl halides is 2. The summed E-state index contributed by atoms with van der Waals surface area (Å²) in [5.41, 5.74) is 0. The van der Waals surface area contributed by atoms with Gasteiger partial charge < -0.3 is 4.90 Å². The highest BCUT2D eigenvalue weighted by Crippen LogP contribution is 2.19. The van der Waals surface area contributed by atoms with Crippen molar-refractivity contribution in [3.8, 4) is 6.07 Å². The van der Waals surface area contributed by atoms with Crippen molar-refractivity contribution in [3.05, 3.63) is 0 Å². The number of hydrogen-bond donors (Lipinski definition) is 0. The molecule has 1 saturated heterocycles. The van der Waals surface area contributed by atoms with E-state index in [0.717, 1.165) is 19.5 Å². The van der Waals surface area contributed by atoms with Crippen molar-refractivity contribution in [1.82, 2.24) is 4.90 Å². The first kappa shape index (κ1) is 10.4. The average Bonchev–Trinajstić information content (AvgIpc) is 2.50. The molecule has 2 nitrogen and oxygen atoms in total. The molecule has 0 saturated carbocycles. The van der Waals surface area contributed by atoms with Crippen LogP contribution >= 0.6 is 0 Å². The summed E-state index contributed by atoms with van der Waals surface area (Å²) in [4.78, 5) is 2.02. The Balaban J connectivity index is 2.14. The normalized spacial score (nSPS) is 23.7. The Bertz CT molecular complexity index is 189. The van der Waals surface area contributed by atoms with Crippen LogP contribution in [0.5, 0.6) is 0 Å². The lowest BCUT2D eigenvalue weighted by Gasteiger charge is -2.14. The smallest absolute Gasteiger partial charge is 0.239 e. The molecular weight excluding hydrogens is 174 g/mol. The molecule has 0 N–H and O–H groups in total. The van der Waals surface area contributed by atoms with E-state index >= 15 is 0 Å². The molecule has 13 heavy (non-hydrogen) atoms. The maximum atomic E-state index is 11.9. The summed E-state index contributed by atoms with van der Waals surface area (Å²) in [5.74, 6) is 0.405. The molecule has 0 aromatic carbocycles. The highest BCUT2D eigenvalue weighted by Gasteiger charge is 2.22. The molecule has 1 aliphatic heterocycles. The number of halogens is 2. The maximum absolute atomic E-state index is 11.9. The van der Waals surface area contributed by atoms with Crippen molar-refractivity contribution in [2.75, 3.05) is 19.6 Å². The lowest BCUT2D eigenvalue weighted by atomic mass is 10.1. The van der Waals surface area contributed by atoms with E-state index in [9.17, 15) is 8.78 Å². The Kier molecular flexibility index (Phi) is 4.10. The Labute approximate surface area is 77.1 Å². The van der Waals surface area contributed by atoms with E-state index in [4.69, 9.17) is 5.26 Å². The Morgan fingerprint density at radius 3 is 2.92 bits per heavy atom. The van der Waals surface area contributed by atoms with Crippen LogP contribution in [0.3, 0.4) is 0 Å². The topological polar surface area (TPSA) is 27.0 Å². The van der Waals surface area contributed by atoms with Gasteiger partial charge in [0.25, 0.3) is 0 Å². The second kappa shape index (κ2) is 5.13. The fourth-order valence-corrected chi connectivity index (χ4v) is 1.69. The first-order valence-electron chi connectivity index (χ1n) is 4.60. The molecule has 0 spiro atoms. The van der Waals surface area contributed by atoms with Gasteiger partial charge in [0.05, 0.1) is 6.07 Å². The van der Waals surface area contributed by atoms with Gasteiger partial charge in [0.1, 0.15) is 0 Å². The number of rotatable bonds is 4. The SMILES string of the molecule is N#CCC1CCN(CCC(F)F)C1. The third-order valence-electron chi connectivity index (χ3n) is 2.41. The predicted octanol–water partition coefficient (Wildman–Crippen LogP) is 1.88. The Morgan fingerprint density at radius 1 is 1.54 bits per heavy atom. The van der Waals surface area contributed by atoms with Crippen molar-refractivity contribution in [3.63, 3.8) is 0 Å². The summed E-state index contributed by atoms with van der Waals surface area (Å²) in [5, 5.41) is 8.44. The zero-order chi connectivity index (χ0) is 9.68. The van der Waals surface area contributed by atoms with Gasteiger partial charge in [-0.05, 0) is 18.9 Å². The number of likely N-dealkylation sites (tertiary alicyclic amines) is 1. The van der Waals surface area contributed by atoms with E-state index in [0.29, 0.717) is 18.9 Å². The summed E-state index contributed by atoms with van der Waals surface area (Å²) in [6.07, 6.45) is -0.698. The van der Waals surface area contributed by atoms with Crippen LogP contribution in [-0.4, -0.2) is 31.0 Å². The third-order valence-corrected chi connectivity index (χ3v) is 2.41. The average molecular weight is 188 g/mol. The molecule has 1 unspecified atom stereocenters. The second-order valence-corrected chi connectivity index (χ2v) is 3.50. The van der Waals surface area contributed by atoms with E-state index < -0.39 is 6.43 Å². The van der Waals surface area contributed by atoms with Gasteiger partial charge in [-0.15, -0.1) is 0 Å². The number of nitriles is 1. The molecule has 0 aromatic heterocycles. The first-order valence-corrected chi connectivity index (χ1v) is 4.60. The van der Waals surface area contributed by atoms with Gasteiger partial charge in [0, 0.05) is 25.9 Å². The summed E-state index contributed by atoms with van der Waals surface area (Å²) in [6.45, 7) is 2.17. The molecule has 1 heterocycles. The van der Waals surface area contributed by atoms with Crippen molar-refractivity contribution in [2.24, 2.45) is 5.92 Å². The molecule has 0 radical (unpaired) electrons. The minimum absolute atomic E-state index is 0.0424. The van der Waals surface area contributed by atoms with Gasteiger partial charge in [-0.1, -0.05) is 0 Å². The van der Waals surface area contributed by atoms with Crippen LogP contribution < -0.4 is 0 Å². The van der Waals surface area contributed by atoms with Crippen LogP contribution in [-0.2, 0) is 0 Å². The second-order valence-electron chi connectivity index (χ2n) is 3.50. The zero-order valence-electron chi connectivity index (χ0n) is 7.55. The van der Waals surface area contributed by atoms with Crippen LogP contribution in [0.4, 0.5) is 8.78 Å². The minimum atomic E-state index is -2.20. The summed E-state index contributed by atoms with van der Waals surface area (Å²) in [7, 11) is 0. The van der Waals surface area contributed by atoms with E-state index in [-0.39, 0.29) is 6.42 Å². The van der Waals surface area contributed by atoms with Crippen molar-refractivity contribution in [2.45, 2.75) is 25.7 Å². The fourth-order valence-electron chi connectivity index (χ4n) is 1.69. The van der Waals surface area contributed by atoms with Gasteiger partial charge in [-0.3, -0.25) is 0 Å². The predicted molar refractivity (Wildman–Crippen MR) is 45.4 cm³/mol. The summed E-state index contributed by atoms with van der Waals surface area (Å²) < 4.78 is 23.7. The van der Waals surface area contributed by atoms with E-state index in [2.05, 4.69) is 6.07 Å². The molecule has 4 heteroatoms. The van der Waals surface area contributed by atoms with Crippen LogP contribution in [0.25, 0.3) is 0 Å². The fraction of sp³-hybridized carbons (Fsp3) is 0.889. The van der Waals surface area contributed by atoms with E-state index in [1.165, 1.54) is 0 Å². The van der Waals surface area contributed by atoms with E-state index in [1.807, 2.05) is 4.90 Å². The molecule has 1 atom stereocenters. The molecule has 1 aliphatic rings. The van der Waals surface area contributed by atoms with Crippen molar-refractivity contribution >= 4 is 0 Å². The summed E-state index contributed by atoms with van der Waals surface area (Å²) >= 11 is 0. The van der Waals surface area contributed by atoms with Gasteiger partial charge in [-0.25, -0.2) is 8.78 Å². The van der Waals surface area contributed by atoms with Gasteiger partial charge in [0.15, 0.2) is 0 Å². The van der Waals surface area contributed by atoms with Gasteiger partial charge in [-0.2, -0.15) is 5.26 Å². The number of nitrogens with zero attached hydrogens (tertiary/aromatic N) is 2. The highest BCUT2D eigenvalue weighted by atomic mass is 19.3. The molecule has 0 bridgehead atoms. The lowest BCUT2D eigenvalue weighted by molar-refractivity contribution is 0.120. The van der Waals surface area contributed by atoms with E-state index in [1.54, 1.807) is 0 Å². The van der Waals surface area contributed by atoms with Crippen LogP contribution in [0.15, 0.2) is 0 Å². The largest absolute Gasteiger partial charge is 0.303 e. The molecule has 0 aromatic rings. The molecule has 0 amide bonds. The van der Waals surface area contributed by atoms with Crippen molar-refractivity contribution < 1.29 is 8.78 Å². The molecular formula is C9H14F2N2. The van der Waals surface area contributed by atoms with Crippen molar-refractivity contribution in [1.29, 1.82) is 5.26 Å². The molecule has 74 valence electrons. The van der Waals surface area contributed by atoms with Gasteiger partial charge >= 0.3 is 0 Å². The quantitative estimate of drug-likeness (QED) is 0.673. The lowest BCUT2D eigenvalue weighted by Crippen LogP contribution is -2.23. The molecule has 1 fully saturated rings. The van der Waals surface area contributed by atoms with Crippen LogP contribution in [0.1, 0.15) is 19.3 Å². The number of hydrogen-bond acceptors (Lipinski definition) is 2. The zero-order valence-corrected chi connectivity index (χ0v) is 7.55. The monoisotopic (exact) mass is 188 g/mol. The van der Waals surface area contributed by atoms with Gasteiger partial charge in [0.2, 0.25) is 6.43 Å². The molecule has 1 rings (SSSR count). The van der Waals surface area contributed by atoms with Crippen LogP contribution in [0, 0.1) is 17.2 Å². The third kappa shape index (κ3) is 3.69. The maximum Gasteiger partial charge on any atom is 0.239 e. The Morgan fingerprint density at radius 2 is 2.31 bits per heavy atom. The molecule has 0 aliphatic carbocycles. The Hall–Kier alpha value is -0.690. The first-order chi connectivity index (χ1) is 6.22. The highest BCUT2D eigenvalue weighted by molar-refractivity contribution is 4.83. The standard InChI is InChI=1S/C9H14F2N2/c10-9(11)3-6-13-5-2-8(7-13)1-4-12/h8-9H,1-3,5-7H2.